The van der Waals surface area contributed by atoms with E-state index < -0.39 is 24.3 Å². The third-order valence-electron chi connectivity index (χ3n) is 3.34. The van der Waals surface area contributed by atoms with Gasteiger partial charge in [-0.25, -0.2) is 9.78 Å². The van der Waals surface area contributed by atoms with Crippen molar-refractivity contribution in [1.29, 1.82) is 5.26 Å². The van der Waals surface area contributed by atoms with E-state index in [4.69, 9.17) is 4.74 Å². The number of aryl methyl sites for hydroxylation is 1. The quantitative estimate of drug-likeness (QED) is 0.714. The number of fused-ring (bicyclic) bond motifs is 1. The Balaban J connectivity index is 1.69. The van der Waals surface area contributed by atoms with E-state index in [1.807, 2.05) is 12.1 Å². The minimum atomic E-state index is -1.03. The maximum Gasteiger partial charge on any atom is 0.359 e. The van der Waals surface area contributed by atoms with Crippen LogP contribution in [-0.4, -0.2) is 33.5 Å². The zero-order valence-electron chi connectivity index (χ0n) is 12.6. The van der Waals surface area contributed by atoms with E-state index in [0.29, 0.717) is 15.9 Å². The molecule has 0 fully saturated rings. The molecule has 1 aromatic carbocycles. The molecule has 1 atom stereocenters. The fraction of sp³-hybridized carbons (Fsp3) is 0.188. The number of hydrogen-bond donors (Lipinski definition) is 1. The highest BCUT2D eigenvalue weighted by Gasteiger charge is 2.25. The summed E-state index contributed by atoms with van der Waals surface area (Å²) < 4.78 is 5.02. The normalized spacial score (nSPS) is 11.8. The average Bonchev–Trinajstić information content (AvgIpc) is 3.20. The molecule has 7 nitrogen and oxygen atoms in total. The van der Waals surface area contributed by atoms with E-state index in [0.717, 1.165) is 5.69 Å². The molecule has 0 aliphatic carbocycles. The van der Waals surface area contributed by atoms with Gasteiger partial charge in [0.25, 0.3) is 0 Å². The number of nitrogens with zero attached hydrogens (tertiary/aromatic N) is 3. The van der Waals surface area contributed by atoms with Crippen molar-refractivity contribution in [3.8, 4) is 6.07 Å². The number of H-pyrrole nitrogens is 1. The van der Waals surface area contributed by atoms with Crippen LogP contribution in [0, 0.1) is 18.3 Å². The number of rotatable bonds is 5. The van der Waals surface area contributed by atoms with Crippen molar-refractivity contribution in [2.24, 2.45) is 0 Å². The Labute approximate surface area is 140 Å². The molecule has 8 heteroatoms. The molecule has 0 aliphatic rings. The Bertz CT molecular complexity index is 954. The number of nitrogens with one attached hydrogen (secondary N) is 1. The molecule has 120 valence electrons. The van der Waals surface area contributed by atoms with E-state index in [2.05, 4.69) is 15.2 Å². The summed E-state index contributed by atoms with van der Waals surface area (Å²) in [5.41, 5.74) is 1.55. The van der Waals surface area contributed by atoms with Crippen molar-refractivity contribution < 1.29 is 14.3 Å². The number of aromatic amines is 1. The van der Waals surface area contributed by atoms with Crippen LogP contribution in [0.15, 0.2) is 29.6 Å². The van der Waals surface area contributed by atoms with Crippen molar-refractivity contribution in [1.82, 2.24) is 15.2 Å². The molecule has 24 heavy (non-hydrogen) atoms. The predicted octanol–water partition coefficient (Wildman–Crippen LogP) is 2.36. The summed E-state index contributed by atoms with van der Waals surface area (Å²) in [4.78, 5) is 28.4. The van der Waals surface area contributed by atoms with E-state index in [9.17, 15) is 14.9 Å². The summed E-state index contributed by atoms with van der Waals surface area (Å²) in [6.45, 7) is 1.28. The number of hydrogen-bond acceptors (Lipinski definition) is 7. The van der Waals surface area contributed by atoms with Crippen molar-refractivity contribution in [2.75, 3.05) is 6.61 Å². The number of carbonyl (C=O) groups excluding carboxylic acids is 2. The van der Waals surface area contributed by atoms with Gasteiger partial charge in [0.05, 0.1) is 11.6 Å². The van der Waals surface area contributed by atoms with E-state index >= 15 is 0 Å². The van der Waals surface area contributed by atoms with Crippen molar-refractivity contribution >= 4 is 34.0 Å². The van der Waals surface area contributed by atoms with Gasteiger partial charge in [-0.1, -0.05) is 18.2 Å². The second kappa shape index (κ2) is 6.60. The average molecular weight is 340 g/mol. The minimum Gasteiger partial charge on any atom is -0.453 e. The topological polar surface area (TPSA) is 109 Å². The van der Waals surface area contributed by atoms with Crippen LogP contribution < -0.4 is 0 Å². The molecule has 0 aliphatic heterocycles. The lowest BCUT2D eigenvalue weighted by molar-refractivity contribution is -0.122. The summed E-state index contributed by atoms with van der Waals surface area (Å²) >= 11 is 1.23. The fourth-order valence-electron chi connectivity index (χ4n) is 2.18. The third kappa shape index (κ3) is 3.02. The van der Waals surface area contributed by atoms with Gasteiger partial charge in [-0.2, -0.15) is 10.4 Å². The molecule has 2 heterocycles. The Morgan fingerprint density at radius 3 is 2.92 bits per heavy atom. The van der Waals surface area contributed by atoms with Crippen LogP contribution in [0.4, 0.5) is 0 Å². The molecule has 0 amide bonds. The maximum atomic E-state index is 12.2. The lowest BCUT2D eigenvalue weighted by Crippen LogP contribution is -2.20. The maximum absolute atomic E-state index is 12.2. The number of benzene rings is 1. The van der Waals surface area contributed by atoms with Gasteiger partial charge < -0.3 is 4.74 Å². The SMILES string of the molecule is Cc1csc([C@@H](C#N)C(=O)COC(=O)c2n[nH]c3ccccc23)n1. The monoisotopic (exact) mass is 340 g/mol. The molecule has 3 rings (SSSR count). The Hall–Kier alpha value is -3.05. The number of aromatic nitrogens is 3. The summed E-state index contributed by atoms with van der Waals surface area (Å²) in [6, 6.07) is 9.00. The molecule has 0 unspecified atom stereocenters. The van der Waals surface area contributed by atoms with Crippen LogP contribution >= 0.6 is 11.3 Å². The summed E-state index contributed by atoms with van der Waals surface area (Å²) in [7, 11) is 0. The van der Waals surface area contributed by atoms with Crippen LogP contribution in [-0.2, 0) is 9.53 Å². The Morgan fingerprint density at radius 1 is 1.42 bits per heavy atom. The van der Waals surface area contributed by atoms with Crippen LogP contribution in [0.2, 0.25) is 0 Å². The predicted molar refractivity (Wildman–Crippen MR) is 86.6 cm³/mol. The van der Waals surface area contributed by atoms with Gasteiger partial charge >= 0.3 is 5.97 Å². The largest absolute Gasteiger partial charge is 0.453 e. The summed E-state index contributed by atoms with van der Waals surface area (Å²) in [5, 5.41) is 18.6. The first kappa shape index (κ1) is 15.8. The highest BCUT2D eigenvalue weighted by Crippen LogP contribution is 2.21. The van der Waals surface area contributed by atoms with Crippen molar-refractivity contribution in [3.63, 3.8) is 0 Å². The first-order valence-corrected chi connectivity index (χ1v) is 7.92. The van der Waals surface area contributed by atoms with Gasteiger partial charge in [-0.05, 0) is 13.0 Å². The van der Waals surface area contributed by atoms with Crippen LogP contribution in [0.1, 0.15) is 27.1 Å². The highest BCUT2D eigenvalue weighted by molar-refractivity contribution is 7.09. The molecule has 1 N–H and O–H groups in total. The second-order valence-electron chi connectivity index (χ2n) is 5.05. The number of ether oxygens (including phenoxy) is 1. The van der Waals surface area contributed by atoms with Gasteiger partial charge in [0.15, 0.2) is 24.0 Å². The summed E-state index contributed by atoms with van der Waals surface area (Å²) in [5.74, 6) is -2.26. The van der Waals surface area contributed by atoms with E-state index in [-0.39, 0.29) is 5.69 Å². The third-order valence-corrected chi connectivity index (χ3v) is 4.37. The fourth-order valence-corrected chi connectivity index (χ4v) is 3.04. The molecule has 0 spiro atoms. The first-order valence-electron chi connectivity index (χ1n) is 7.04. The standard InChI is InChI=1S/C16H12N4O3S/c1-9-8-24-15(18-9)11(6-17)13(21)7-23-16(22)14-10-4-2-3-5-12(10)19-20-14/h2-5,8,11H,7H2,1H3,(H,19,20)/t11-/m0/s1. The van der Waals surface area contributed by atoms with Crippen LogP contribution in [0.3, 0.4) is 0 Å². The van der Waals surface area contributed by atoms with Gasteiger partial charge in [-0.15, -0.1) is 11.3 Å². The Morgan fingerprint density at radius 2 is 2.21 bits per heavy atom. The highest BCUT2D eigenvalue weighted by atomic mass is 32.1. The first-order chi connectivity index (χ1) is 11.6. The molecular weight excluding hydrogens is 328 g/mol. The van der Waals surface area contributed by atoms with Crippen molar-refractivity contribution in [2.45, 2.75) is 12.8 Å². The molecular formula is C16H12N4O3S. The zero-order chi connectivity index (χ0) is 17.1. The smallest absolute Gasteiger partial charge is 0.359 e. The number of Topliss-reactive ketones (excluding diaryl/α,β-unsaturated/α-hetero) is 1. The molecule has 0 radical (unpaired) electrons. The van der Waals surface area contributed by atoms with Gasteiger partial charge in [-0.3, -0.25) is 9.89 Å². The number of esters is 1. The molecule has 0 saturated heterocycles. The molecule has 3 aromatic rings. The molecule has 0 saturated carbocycles. The lowest BCUT2D eigenvalue weighted by Gasteiger charge is -2.06. The lowest BCUT2D eigenvalue weighted by atomic mass is 10.1. The number of thiazole rings is 1. The number of nitriles is 1. The van der Waals surface area contributed by atoms with Crippen LogP contribution in [0.25, 0.3) is 10.9 Å². The van der Waals surface area contributed by atoms with Crippen molar-refractivity contribution in [3.05, 3.63) is 46.0 Å². The van der Waals surface area contributed by atoms with E-state index in [1.54, 1.807) is 30.5 Å². The van der Waals surface area contributed by atoms with Crippen LogP contribution in [0.5, 0.6) is 0 Å². The second-order valence-corrected chi connectivity index (χ2v) is 5.94. The van der Waals surface area contributed by atoms with Gasteiger partial charge in [0, 0.05) is 16.5 Å². The van der Waals surface area contributed by atoms with Gasteiger partial charge in [0.1, 0.15) is 5.01 Å². The number of carbonyl (C=O) groups is 2. The molecule has 0 bridgehead atoms. The Kier molecular flexibility index (Phi) is 4.35. The number of ketones is 1. The molecule has 2 aromatic heterocycles. The number of para-hydroxylation sites is 1. The minimum absolute atomic E-state index is 0.108. The zero-order valence-corrected chi connectivity index (χ0v) is 13.5. The summed E-state index contributed by atoms with van der Waals surface area (Å²) in [6.07, 6.45) is 0. The van der Waals surface area contributed by atoms with E-state index in [1.165, 1.54) is 11.3 Å². The van der Waals surface area contributed by atoms with Gasteiger partial charge in [0.2, 0.25) is 0 Å².